The van der Waals surface area contributed by atoms with E-state index >= 15 is 0 Å². The van der Waals surface area contributed by atoms with E-state index in [1.165, 1.54) is 6.92 Å². The topological polar surface area (TPSA) is 135 Å². The molecule has 1 rings (SSSR count). The lowest BCUT2D eigenvalue weighted by Gasteiger charge is -2.28. The van der Waals surface area contributed by atoms with Crippen LogP contribution in [0, 0.1) is 11.8 Å². The number of aliphatic hydroxyl groups is 1. The zero-order chi connectivity index (χ0) is 22.5. The average Bonchev–Trinajstić information content (AvgIpc) is 2.74. The Bertz CT molecular complexity index is 576. The van der Waals surface area contributed by atoms with Gasteiger partial charge < -0.3 is 19.3 Å². The van der Waals surface area contributed by atoms with Gasteiger partial charge in [-0.25, -0.2) is 4.79 Å². The molecule has 1 aliphatic carbocycles. The van der Waals surface area contributed by atoms with Gasteiger partial charge >= 0.3 is 23.9 Å². The van der Waals surface area contributed by atoms with Crippen LogP contribution in [0.5, 0.6) is 0 Å². The Labute approximate surface area is 176 Å². The lowest BCUT2D eigenvalue weighted by molar-refractivity contribution is -0.294. The maximum Gasteiger partial charge on any atom is 0.339 e. The molecule has 0 saturated heterocycles. The first-order valence-corrected chi connectivity index (χ1v) is 10.2. The second kappa shape index (κ2) is 13.9. The summed E-state index contributed by atoms with van der Waals surface area (Å²) >= 11 is 0. The highest BCUT2D eigenvalue weighted by Gasteiger charge is 2.38. The lowest BCUT2D eigenvalue weighted by atomic mass is 9.79. The molecule has 10 nitrogen and oxygen atoms in total. The molecule has 0 spiro atoms. The monoisotopic (exact) mass is 432 g/mol. The molecule has 4 atom stereocenters. The van der Waals surface area contributed by atoms with Crippen molar-refractivity contribution >= 4 is 23.9 Å². The Morgan fingerprint density at radius 1 is 0.967 bits per heavy atom. The Hall–Kier alpha value is -2.20. The highest BCUT2D eigenvalue weighted by molar-refractivity contribution is 5.82. The fraction of sp³-hybridized carbons (Fsp3) is 0.800. The van der Waals surface area contributed by atoms with Crippen molar-refractivity contribution < 1.29 is 48.3 Å². The molecule has 0 bridgehead atoms. The first-order valence-electron chi connectivity index (χ1n) is 10.2. The highest BCUT2D eigenvalue weighted by atomic mass is 17.2. The predicted octanol–water partition coefficient (Wildman–Crippen LogP) is 1.47. The summed E-state index contributed by atoms with van der Waals surface area (Å²) in [5, 5.41) is 9.77. The minimum atomic E-state index is -1.13. The number of rotatable bonds is 12. The van der Waals surface area contributed by atoms with E-state index in [1.54, 1.807) is 13.8 Å². The van der Waals surface area contributed by atoms with Crippen LogP contribution < -0.4 is 0 Å². The first kappa shape index (κ1) is 25.8. The van der Waals surface area contributed by atoms with E-state index in [-0.39, 0.29) is 26.2 Å². The van der Waals surface area contributed by atoms with Gasteiger partial charge in [0.2, 0.25) is 0 Å². The summed E-state index contributed by atoms with van der Waals surface area (Å²) in [5.41, 5.74) is 0. The van der Waals surface area contributed by atoms with E-state index in [2.05, 4.69) is 4.89 Å². The van der Waals surface area contributed by atoms with Crippen LogP contribution in [0.4, 0.5) is 0 Å². The molecule has 1 N–H and O–H groups in total. The molecule has 30 heavy (non-hydrogen) atoms. The van der Waals surface area contributed by atoms with Gasteiger partial charge in [0.25, 0.3) is 0 Å². The van der Waals surface area contributed by atoms with Gasteiger partial charge in [-0.15, -0.1) is 0 Å². The molecule has 172 valence electrons. The quantitative estimate of drug-likeness (QED) is 0.209. The molecular formula is C20H32O10. The molecule has 0 radical (unpaired) electrons. The zero-order valence-electron chi connectivity index (χ0n) is 17.8. The van der Waals surface area contributed by atoms with Crippen molar-refractivity contribution in [3.8, 4) is 0 Å². The molecule has 0 aromatic heterocycles. The maximum atomic E-state index is 12.4. The van der Waals surface area contributed by atoms with Crippen LogP contribution in [0.2, 0.25) is 0 Å². The second-order valence-electron chi connectivity index (χ2n) is 7.26. The standard InChI is InChI=1S/C20H32O10/c1-4-18(23)27-11-15(22)12-28-20(25)17-8-6-5-7-16(17)19(24)26-10-9-13(2)29-30-14(3)21/h13,15-17,22H,4-12H2,1-3H3. The van der Waals surface area contributed by atoms with E-state index in [0.29, 0.717) is 19.3 Å². The summed E-state index contributed by atoms with van der Waals surface area (Å²) < 4.78 is 15.2. The molecule has 1 fully saturated rings. The zero-order valence-corrected chi connectivity index (χ0v) is 17.8. The van der Waals surface area contributed by atoms with E-state index in [1.807, 2.05) is 0 Å². The number of hydrogen-bond acceptors (Lipinski definition) is 10. The molecule has 0 aliphatic heterocycles. The number of carbonyl (C=O) groups is 4. The number of ether oxygens (including phenoxy) is 3. The van der Waals surface area contributed by atoms with E-state index < -0.39 is 47.9 Å². The SMILES string of the molecule is CCC(=O)OCC(O)COC(=O)C1CCCCC1C(=O)OCCC(C)OOC(C)=O. The van der Waals surface area contributed by atoms with Crippen LogP contribution in [-0.4, -0.2) is 61.0 Å². The molecule has 0 heterocycles. The van der Waals surface area contributed by atoms with E-state index in [0.717, 1.165) is 12.8 Å². The normalized spacial score (nSPS) is 20.5. The van der Waals surface area contributed by atoms with Gasteiger partial charge in [-0.3, -0.25) is 19.3 Å². The maximum absolute atomic E-state index is 12.4. The average molecular weight is 432 g/mol. The molecule has 10 heteroatoms. The van der Waals surface area contributed by atoms with Crippen molar-refractivity contribution in [3.05, 3.63) is 0 Å². The number of carbonyl (C=O) groups excluding carboxylic acids is 4. The number of hydrogen-bond donors (Lipinski definition) is 1. The van der Waals surface area contributed by atoms with Crippen molar-refractivity contribution in [3.63, 3.8) is 0 Å². The third-order valence-electron chi connectivity index (χ3n) is 4.61. The van der Waals surface area contributed by atoms with Crippen molar-refractivity contribution in [1.29, 1.82) is 0 Å². The van der Waals surface area contributed by atoms with Gasteiger partial charge in [-0.05, 0) is 19.8 Å². The second-order valence-corrected chi connectivity index (χ2v) is 7.26. The molecule has 4 unspecified atom stereocenters. The summed E-state index contributed by atoms with van der Waals surface area (Å²) in [7, 11) is 0. The molecule has 0 aromatic carbocycles. The minimum Gasteiger partial charge on any atom is -0.465 e. The summed E-state index contributed by atoms with van der Waals surface area (Å²) in [5.74, 6) is -3.37. The van der Waals surface area contributed by atoms with Crippen LogP contribution in [0.25, 0.3) is 0 Å². The fourth-order valence-corrected chi connectivity index (χ4v) is 2.95. The Balaban J connectivity index is 2.42. The third-order valence-corrected chi connectivity index (χ3v) is 4.61. The Morgan fingerprint density at radius 3 is 2.10 bits per heavy atom. The lowest BCUT2D eigenvalue weighted by Crippen LogP contribution is -2.36. The largest absolute Gasteiger partial charge is 0.465 e. The van der Waals surface area contributed by atoms with Gasteiger partial charge in [0.15, 0.2) is 0 Å². The third kappa shape index (κ3) is 10.0. The summed E-state index contributed by atoms with van der Waals surface area (Å²) in [6.07, 6.45) is 1.52. The van der Waals surface area contributed by atoms with Crippen molar-refractivity contribution in [2.24, 2.45) is 11.8 Å². The first-order chi connectivity index (χ1) is 14.2. The Kier molecular flexibility index (Phi) is 12.0. The van der Waals surface area contributed by atoms with E-state index in [4.69, 9.17) is 19.1 Å². The van der Waals surface area contributed by atoms with Crippen LogP contribution in [0.3, 0.4) is 0 Å². The smallest absolute Gasteiger partial charge is 0.339 e. The van der Waals surface area contributed by atoms with Crippen LogP contribution in [0.1, 0.15) is 59.3 Å². The van der Waals surface area contributed by atoms with Crippen molar-refractivity contribution in [2.45, 2.75) is 71.5 Å². The number of aliphatic hydroxyl groups excluding tert-OH is 1. The summed E-state index contributed by atoms with van der Waals surface area (Å²) in [6.45, 7) is 3.99. The van der Waals surface area contributed by atoms with Gasteiger partial charge in [-0.2, -0.15) is 4.89 Å². The van der Waals surface area contributed by atoms with Gasteiger partial charge in [-0.1, -0.05) is 19.8 Å². The van der Waals surface area contributed by atoms with E-state index in [9.17, 15) is 24.3 Å². The summed E-state index contributed by atoms with van der Waals surface area (Å²) in [6, 6.07) is 0. The molecule has 1 aliphatic rings. The fourth-order valence-electron chi connectivity index (χ4n) is 2.95. The van der Waals surface area contributed by atoms with Crippen molar-refractivity contribution in [1.82, 2.24) is 0 Å². The molecule has 1 saturated carbocycles. The molecular weight excluding hydrogens is 400 g/mol. The van der Waals surface area contributed by atoms with Crippen LogP contribution in [0.15, 0.2) is 0 Å². The number of esters is 3. The Morgan fingerprint density at radius 2 is 1.53 bits per heavy atom. The van der Waals surface area contributed by atoms with Gasteiger partial charge in [0, 0.05) is 19.8 Å². The van der Waals surface area contributed by atoms with Gasteiger partial charge in [0.05, 0.1) is 18.4 Å². The molecule has 0 amide bonds. The highest BCUT2D eigenvalue weighted by Crippen LogP contribution is 2.32. The van der Waals surface area contributed by atoms with Crippen molar-refractivity contribution in [2.75, 3.05) is 19.8 Å². The molecule has 0 aromatic rings. The predicted molar refractivity (Wildman–Crippen MR) is 102 cm³/mol. The van der Waals surface area contributed by atoms with Gasteiger partial charge in [0.1, 0.15) is 25.4 Å². The van der Waals surface area contributed by atoms with Crippen LogP contribution >= 0.6 is 0 Å². The van der Waals surface area contributed by atoms with Crippen LogP contribution in [-0.2, 0) is 43.2 Å². The minimum absolute atomic E-state index is 0.0566. The summed E-state index contributed by atoms with van der Waals surface area (Å²) in [4.78, 5) is 55.9.